The minimum atomic E-state index is -0.916. The van der Waals surface area contributed by atoms with Crippen LogP contribution < -0.4 is 10.9 Å². The lowest BCUT2D eigenvalue weighted by molar-refractivity contribution is 0.0941. The lowest BCUT2D eigenvalue weighted by atomic mass is 10.0. The highest BCUT2D eigenvalue weighted by molar-refractivity contribution is 5.94. The molecule has 3 rings (SSSR count). The van der Waals surface area contributed by atoms with Crippen LogP contribution in [0.3, 0.4) is 0 Å². The quantitative estimate of drug-likeness (QED) is 0.766. The molecule has 0 radical (unpaired) electrons. The number of nitrogens with one attached hydrogen (secondary N) is 2. The molecule has 0 bridgehead atoms. The molecule has 1 amide bonds. The van der Waals surface area contributed by atoms with Crippen LogP contribution in [0.25, 0.3) is 0 Å². The Morgan fingerprint density at radius 1 is 1.08 bits per heavy atom. The summed E-state index contributed by atoms with van der Waals surface area (Å²) in [7, 11) is 0. The summed E-state index contributed by atoms with van der Waals surface area (Å²) in [6.07, 6.45) is 2.66. The molecule has 0 aliphatic heterocycles. The predicted octanol–water partition coefficient (Wildman–Crippen LogP) is 2.57. The fraction of sp³-hybridized carbons (Fsp3) is 0.0556. The minimum Gasteiger partial charge on any atom is -0.339 e. The van der Waals surface area contributed by atoms with E-state index in [-0.39, 0.29) is 16.8 Å². The summed E-state index contributed by atoms with van der Waals surface area (Å²) < 4.78 is 27.4. The molecule has 1 atom stereocenters. The Labute approximate surface area is 141 Å². The SMILES string of the molecule is O=C(NC(c1ccc(F)cc1)c1ncccc1F)c1ccc(=O)[nH]c1. The minimum absolute atomic E-state index is 0.00637. The average molecular weight is 341 g/mol. The van der Waals surface area contributed by atoms with E-state index < -0.39 is 23.6 Å². The molecule has 2 heterocycles. The van der Waals surface area contributed by atoms with Gasteiger partial charge in [0.25, 0.3) is 5.91 Å². The van der Waals surface area contributed by atoms with Crippen molar-refractivity contribution in [3.63, 3.8) is 0 Å². The fourth-order valence-electron chi connectivity index (χ4n) is 2.34. The molecule has 126 valence electrons. The molecule has 0 saturated heterocycles. The normalized spacial score (nSPS) is 11.8. The first kappa shape index (κ1) is 16.5. The van der Waals surface area contributed by atoms with E-state index in [4.69, 9.17) is 0 Å². The number of halogens is 2. The van der Waals surface area contributed by atoms with Crippen molar-refractivity contribution >= 4 is 5.91 Å². The van der Waals surface area contributed by atoms with Crippen LogP contribution in [-0.2, 0) is 0 Å². The second kappa shape index (κ2) is 7.04. The lowest BCUT2D eigenvalue weighted by Crippen LogP contribution is -2.31. The Kier molecular flexibility index (Phi) is 4.65. The van der Waals surface area contributed by atoms with Crippen molar-refractivity contribution in [2.45, 2.75) is 6.04 Å². The van der Waals surface area contributed by atoms with Crippen LogP contribution in [0.5, 0.6) is 0 Å². The van der Waals surface area contributed by atoms with Crippen LogP contribution >= 0.6 is 0 Å². The van der Waals surface area contributed by atoms with Gasteiger partial charge in [0.05, 0.1) is 11.6 Å². The van der Waals surface area contributed by atoms with Gasteiger partial charge in [0.2, 0.25) is 5.56 Å². The number of H-pyrrole nitrogens is 1. The molecule has 1 aromatic carbocycles. The van der Waals surface area contributed by atoms with E-state index in [0.29, 0.717) is 5.56 Å². The molecular weight excluding hydrogens is 328 g/mol. The highest BCUT2D eigenvalue weighted by Gasteiger charge is 2.22. The number of pyridine rings is 2. The van der Waals surface area contributed by atoms with Gasteiger partial charge in [-0.3, -0.25) is 14.6 Å². The van der Waals surface area contributed by atoms with E-state index in [0.717, 1.165) is 0 Å². The van der Waals surface area contributed by atoms with Crippen LogP contribution in [0.2, 0.25) is 0 Å². The van der Waals surface area contributed by atoms with Crippen LogP contribution in [0.1, 0.15) is 27.7 Å². The number of benzene rings is 1. The summed E-state index contributed by atoms with van der Waals surface area (Å²) in [6, 6.07) is 9.64. The van der Waals surface area contributed by atoms with Crippen molar-refractivity contribution in [1.82, 2.24) is 15.3 Å². The third-order valence-electron chi connectivity index (χ3n) is 3.59. The number of aromatic nitrogens is 2. The van der Waals surface area contributed by atoms with Crippen LogP contribution in [-0.4, -0.2) is 15.9 Å². The molecule has 25 heavy (non-hydrogen) atoms. The molecule has 5 nitrogen and oxygen atoms in total. The van der Waals surface area contributed by atoms with Crippen LogP contribution in [0.4, 0.5) is 8.78 Å². The summed E-state index contributed by atoms with van der Waals surface area (Å²) in [4.78, 5) is 29.9. The predicted molar refractivity (Wildman–Crippen MR) is 87.0 cm³/mol. The van der Waals surface area contributed by atoms with Crippen LogP contribution in [0, 0.1) is 11.6 Å². The molecule has 0 spiro atoms. The van der Waals surface area contributed by atoms with Gasteiger partial charge in [0.15, 0.2) is 0 Å². The Morgan fingerprint density at radius 3 is 2.48 bits per heavy atom. The first-order chi connectivity index (χ1) is 12.0. The molecular formula is C18H13F2N3O2. The number of aromatic amines is 1. The third kappa shape index (κ3) is 3.77. The fourth-order valence-corrected chi connectivity index (χ4v) is 2.34. The molecule has 2 N–H and O–H groups in total. The highest BCUT2D eigenvalue weighted by Crippen LogP contribution is 2.23. The number of hydrogen-bond donors (Lipinski definition) is 2. The van der Waals surface area contributed by atoms with Gasteiger partial charge in [-0.15, -0.1) is 0 Å². The molecule has 3 aromatic rings. The first-order valence-corrected chi connectivity index (χ1v) is 7.40. The Morgan fingerprint density at radius 2 is 1.84 bits per heavy atom. The monoisotopic (exact) mass is 341 g/mol. The Hall–Kier alpha value is -3.35. The zero-order chi connectivity index (χ0) is 17.8. The standard InChI is InChI=1S/C18H13F2N3O2/c19-13-6-3-11(4-7-13)16(17-14(20)2-1-9-21-17)23-18(25)12-5-8-15(24)22-10-12/h1-10,16H,(H,22,24)(H,23,25). The summed E-state index contributed by atoms with van der Waals surface area (Å²) in [6.45, 7) is 0. The summed E-state index contributed by atoms with van der Waals surface area (Å²) in [5.74, 6) is -1.58. The van der Waals surface area contributed by atoms with E-state index >= 15 is 0 Å². The van der Waals surface area contributed by atoms with E-state index in [1.165, 1.54) is 60.9 Å². The van der Waals surface area contributed by atoms with Crippen molar-refractivity contribution in [1.29, 1.82) is 0 Å². The van der Waals surface area contributed by atoms with Crippen molar-refractivity contribution in [3.8, 4) is 0 Å². The van der Waals surface area contributed by atoms with E-state index in [1.54, 1.807) is 0 Å². The van der Waals surface area contributed by atoms with E-state index in [1.807, 2.05) is 0 Å². The molecule has 7 heteroatoms. The Bertz CT molecular complexity index is 935. The van der Waals surface area contributed by atoms with Crippen molar-refractivity contribution in [3.05, 3.63) is 99.7 Å². The maximum atomic E-state index is 14.2. The number of carbonyl (C=O) groups is 1. The zero-order valence-corrected chi connectivity index (χ0v) is 12.9. The number of rotatable bonds is 4. The van der Waals surface area contributed by atoms with Crippen molar-refractivity contribution in [2.75, 3.05) is 0 Å². The summed E-state index contributed by atoms with van der Waals surface area (Å²) >= 11 is 0. The Balaban J connectivity index is 1.98. The average Bonchev–Trinajstić information content (AvgIpc) is 2.62. The first-order valence-electron chi connectivity index (χ1n) is 7.40. The second-order valence-electron chi connectivity index (χ2n) is 5.27. The summed E-state index contributed by atoms with van der Waals surface area (Å²) in [5, 5.41) is 2.66. The topological polar surface area (TPSA) is 74.8 Å². The van der Waals surface area contributed by atoms with Gasteiger partial charge in [0.1, 0.15) is 17.3 Å². The van der Waals surface area contributed by atoms with Gasteiger partial charge in [-0.1, -0.05) is 12.1 Å². The largest absolute Gasteiger partial charge is 0.339 e. The maximum absolute atomic E-state index is 14.2. The second-order valence-corrected chi connectivity index (χ2v) is 5.27. The molecule has 1 unspecified atom stereocenters. The van der Waals surface area contributed by atoms with Gasteiger partial charge in [-0.25, -0.2) is 8.78 Å². The third-order valence-corrected chi connectivity index (χ3v) is 3.59. The number of hydrogen-bond acceptors (Lipinski definition) is 3. The van der Waals surface area contributed by atoms with Gasteiger partial charge < -0.3 is 10.3 Å². The molecule has 2 aromatic heterocycles. The maximum Gasteiger partial charge on any atom is 0.253 e. The number of nitrogens with zero attached hydrogens (tertiary/aromatic N) is 1. The van der Waals surface area contributed by atoms with E-state index in [9.17, 15) is 18.4 Å². The zero-order valence-electron chi connectivity index (χ0n) is 12.9. The van der Waals surface area contributed by atoms with E-state index in [2.05, 4.69) is 15.3 Å². The molecule has 0 fully saturated rings. The van der Waals surface area contributed by atoms with Crippen LogP contribution in [0.15, 0.2) is 65.7 Å². The highest BCUT2D eigenvalue weighted by atomic mass is 19.1. The number of amides is 1. The van der Waals surface area contributed by atoms with Gasteiger partial charge in [-0.2, -0.15) is 0 Å². The van der Waals surface area contributed by atoms with Crippen molar-refractivity contribution < 1.29 is 13.6 Å². The van der Waals surface area contributed by atoms with Gasteiger partial charge in [-0.05, 0) is 35.9 Å². The van der Waals surface area contributed by atoms with Gasteiger partial charge in [0, 0.05) is 18.5 Å². The smallest absolute Gasteiger partial charge is 0.253 e. The number of carbonyl (C=O) groups excluding carboxylic acids is 1. The van der Waals surface area contributed by atoms with Gasteiger partial charge >= 0.3 is 0 Å². The molecule has 0 aliphatic rings. The molecule has 0 saturated carbocycles. The molecule has 0 aliphatic carbocycles. The summed E-state index contributed by atoms with van der Waals surface area (Å²) in [5.41, 5.74) is 0.328. The lowest BCUT2D eigenvalue weighted by Gasteiger charge is -2.19. The van der Waals surface area contributed by atoms with Crippen molar-refractivity contribution in [2.24, 2.45) is 0 Å².